The fourth-order valence-electron chi connectivity index (χ4n) is 2.47. The highest BCUT2D eigenvalue weighted by atomic mass is 16.5. The van der Waals surface area contributed by atoms with Gasteiger partial charge in [0.25, 0.3) is 5.56 Å². The van der Waals surface area contributed by atoms with E-state index in [-0.39, 0.29) is 11.1 Å². The molecule has 0 aliphatic carbocycles. The van der Waals surface area contributed by atoms with E-state index in [2.05, 4.69) is 11.7 Å². The summed E-state index contributed by atoms with van der Waals surface area (Å²) in [5.74, 6) is -0.580. The molecular weight excluding hydrogens is 320 g/mol. The van der Waals surface area contributed by atoms with Crippen LogP contribution in [0.5, 0.6) is 5.75 Å². The Labute approximate surface area is 142 Å². The van der Waals surface area contributed by atoms with E-state index in [0.29, 0.717) is 22.0 Å². The second-order valence-corrected chi connectivity index (χ2v) is 5.40. The molecule has 0 aliphatic rings. The fraction of sp³-hybridized carbons (Fsp3) is 0.0526. The summed E-state index contributed by atoms with van der Waals surface area (Å²) in [6, 6.07) is 13.1. The van der Waals surface area contributed by atoms with Gasteiger partial charge in [-0.1, -0.05) is 30.8 Å². The molecule has 1 aromatic heterocycles. The summed E-state index contributed by atoms with van der Waals surface area (Å²) in [6.07, 6.45) is 1.72. The van der Waals surface area contributed by atoms with E-state index in [9.17, 15) is 14.7 Å². The van der Waals surface area contributed by atoms with Crippen LogP contribution < -0.4 is 26.0 Å². The molecule has 2 aromatic carbocycles. The molecule has 3 aromatic rings. The first-order valence-electron chi connectivity index (χ1n) is 7.47. The van der Waals surface area contributed by atoms with Crippen LogP contribution in [0.25, 0.3) is 18.3 Å². The maximum atomic E-state index is 12.7. The van der Waals surface area contributed by atoms with Crippen molar-refractivity contribution in [2.24, 2.45) is 0 Å². The molecule has 0 fully saturated rings. The minimum atomic E-state index is -1.27. The third kappa shape index (κ3) is 3.23. The number of carbonyl (C=O) groups is 1. The minimum Gasteiger partial charge on any atom is -0.545 e. The first-order valence-corrected chi connectivity index (χ1v) is 7.47. The number of carboxylic acid groups (broad SMARTS) is 1. The van der Waals surface area contributed by atoms with Crippen LogP contribution in [0, 0.1) is 0 Å². The highest BCUT2D eigenvalue weighted by Gasteiger charge is 2.05. The van der Waals surface area contributed by atoms with Gasteiger partial charge in [-0.05, 0) is 41.5 Å². The zero-order chi connectivity index (χ0) is 18.0. The maximum Gasteiger partial charge on any atom is 0.279 e. The first-order chi connectivity index (χ1) is 12.0. The summed E-state index contributed by atoms with van der Waals surface area (Å²) in [5, 5.41) is 14.6. The van der Waals surface area contributed by atoms with Crippen molar-refractivity contribution < 1.29 is 14.6 Å². The van der Waals surface area contributed by atoms with Gasteiger partial charge in [0, 0.05) is 0 Å². The van der Waals surface area contributed by atoms with Crippen LogP contribution in [0.1, 0.15) is 15.9 Å². The van der Waals surface area contributed by atoms with Crippen molar-refractivity contribution in [3.63, 3.8) is 0 Å². The number of hydrogen-bond donors (Lipinski definition) is 1. The van der Waals surface area contributed by atoms with Crippen molar-refractivity contribution in [1.82, 2.24) is 9.78 Å². The van der Waals surface area contributed by atoms with E-state index < -0.39 is 5.97 Å². The molecule has 0 aliphatic heterocycles. The number of nitrogens with zero attached hydrogens (tertiary/aromatic N) is 1. The van der Waals surface area contributed by atoms with Gasteiger partial charge in [-0.25, -0.2) is 4.68 Å². The number of aromatic amines is 1. The third-order valence-electron chi connectivity index (χ3n) is 3.77. The van der Waals surface area contributed by atoms with Crippen LogP contribution in [0.3, 0.4) is 0 Å². The van der Waals surface area contributed by atoms with E-state index in [0.717, 1.165) is 5.56 Å². The molecule has 0 radical (unpaired) electrons. The summed E-state index contributed by atoms with van der Waals surface area (Å²) in [5.41, 5.74) is 1.07. The highest BCUT2D eigenvalue weighted by molar-refractivity contribution is 5.85. The van der Waals surface area contributed by atoms with Crippen molar-refractivity contribution in [3.05, 3.63) is 80.6 Å². The zero-order valence-corrected chi connectivity index (χ0v) is 13.5. The number of nitrogens with one attached hydrogen (secondary N) is 1. The predicted molar refractivity (Wildman–Crippen MR) is 92.1 cm³/mol. The lowest BCUT2D eigenvalue weighted by molar-refractivity contribution is -0.255. The van der Waals surface area contributed by atoms with Crippen molar-refractivity contribution >= 4 is 18.6 Å². The van der Waals surface area contributed by atoms with Crippen molar-refractivity contribution in [2.45, 2.75) is 0 Å². The van der Waals surface area contributed by atoms with Crippen LogP contribution in [0.4, 0.5) is 0 Å². The molecule has 1 heterocycles. The number of carbonyl (C=O) groups excluding carboxylic acids is 1. The normalized spacial score (nSPS) is 11.5. The second kappa shape index (κ2) is 6.52. The van der Waals surface area contributed by atoms with E-state index in [1.165, 1.54) is 28.9 Å². The molecule has 0 amide bonds. The third-order valence-corrected chi connectivity index (χ3v) is 3.77. The predicted octanol–water partition coefficient (Wildman–Crippen LogP) is -0.223. The Hall–Kier alpha value is -3.54. The first kappa shape index (κ1) is 16.3. The number of H-pyrrole nitrogens is 1. The Bertz CT molecular complexity index is 1090. The number of benzene rings is 2. The standard InChI is InChI=1S/C19H16N2O4/c1-12-17(11-13-4-3-5-16(10-13)25-2)18(22)21(20-12)15-8-6-14(7-9-15)19(23)24/h3-11,20H,1H2,2H3,(H,23,24)/p-1/b17-11+. The van der Waals surface area contributed by atoms with Gasteiger partial charge in [0.05, 0.1) is 29.3 Å². The van der Waals surface area contributed by atoms with Gasteiger partial charge in [0.2, 0.25) is 0 Å². The van der Waals surface area contributed by atoms with E-state index in [4.69, 9.17) is 4.74 Å². The van der Waals surface area contributed by atoms with Gasteiger partial charge in [0.1, 0.15) is 5.75 Å². The van der Waals surface area contributed by atoms with Gasteiger partial charge in [-0.3, -0.25) is 9.89 Å². The molecule has 0 atom stereocenters. The van der Waals surface area contributed by atoms with Crippen LogP contribution in [0.15, 0.2) is 53.3 Å². The van der Waals surface area contributed by atoms with Gasteiger partial charge in [-0.2, -0.15) is 0 Å². The molecule has 126 valence electrons. The number of rotatable bonds is 4. The number of aromatic carboxylic acids is 1. The van der Waals surface area contributed by atoms with Crippen LogP contribution in [-0.4, -0.2) is 22.9 Å². The Balaban J connectivity index is 2.09. The Morgan fingerprint density at radius 3 is 2.60 bits per heavy atom. The molecule has 0 spiro atoms. The van der Waals surface area contributed by atoms with Crippen LogP contribution in [-0.2, 0) is 0 Å². The van der Waals surface area contributed by atoms with Crippen LogP contribution >= 0.6 is 0 Å². The Morgan fingerprint density at radius 2 is 1.96 bits per heavy atom. The maximum absolute atomic E-state index is 12.7. The number of aromatic nitrogens is 2. The van der Waals surface area contributed by atoms with E-state index >= 15 is 0 Å². The summed E-state index contributed by atoms with van der Waals surface area (Å²) >= 11 is 0. The molecule has 25 heavy (non-hydrogen) atoms. The molecule has 1 N–H and O–H groups in total. The van der Waals surface area contributed by atoms with Gasteiger partial charge in [-0.15, -0.1) is 0 Å². The summed E-state index contributed by atoms with van der Waals surface area (Å²) in [7, 11) is 1.57. The van der Waals surface area contributed by atoms with Crippen molar-refractivity contribution in [2.75, 3.05) is 7.11 Å². The van der Waals surface area contributed by atoms with Gasteiger partial charge in [0.15, 0.2) is 0 Å². The Kier molecular flexibility index (Phi) is 4.26. The Morgan fingerprint density at radius 1 is 1.24 bits per heavy atom. The molecular formula is C19H15N2O4-. The van der Waals surface area contributed by atoms with E-state index in [1.807, 2.05) is 24.3 Å². The lowest BCUT2D eigenvalue weighted by Crippen LogP contribution is -2.34. The largest absolute Gasteiger partial charge is 0.545 e. The highest BCUT2D eigenvalue weighted by Crippen LogP contribution is 2.12. The summed E-state index contributed by atoms with van der Waals surface area (Å²) < 4.78 is 6.49. The SMILES string of the molecule is C=c1[nH]n(-c2ccc(C(=O)[O-])cc2)c(=O)/c1=C/c1cccc(OC)c1. The number of ether oxygens (including phenoxy) is 1. The van der Waals surface area contributed by atoms with Gasteiger partial charge < -0.3 is 14.6 Å². The van der Waals surface area contributed by atoms with Crippen molar-refractivity contribution in [1.29, 1.82) is 0 Å². The lowest BCUT2D eigenvalue weighted by atomic mass is 10.2. The molecule has 0 unspecified atom stereocenters. The number of hydrogen-bond acceptors (Lipinski definition) is 4. The molecule has 3 rings (SSSR count). The second-order valence-electron chi connectivity index (χ2n) is 5.40. The zero-order valence-electron chi connectivity index (χ0n) is 13.5. The molecule has 0 saturated carbocycles. The quantitative estimate of drug-likeness (QED) is 0.714. The van der Waals surface area contributed by atoms with Crippen molar-refractivity contribution in [3.8, 4) is 11.4 Å². The topological polar surface area (TPSA) is 87.1 Å². The van der Waals surface area contributed by atoms with Crippen LogP contribution in [0.2, 0.25) is 0 Å². The smallest absolute Gasteiger partial charge is 0.279 e. The summed E-state index contributed by atoms with van der Waals surface area (Å²) in [4.78, 5) is 23.5. The number of methoxy groups -OCH3 is 1. The average molecular weight is 335 g/mol. The molecule has 0 saturated heterocycles. The van der Waals surface area contributed by atoms with Gasteiger partial charge >= 0.3 is 0 Å². The minimum absolute atomic E-state index is 0.0429. The molecule has 6 nitrogen and oxygen atoms in total. The summed E-state index contributed by atoms with van der Waals surface area (Å²) in [6.45, 7) is 3.87. The molecule has 0 bridgehead atoms. The number of carboxylic acids is 1. The lowest BCUT2D eigenvalue weighted by Gasteiger charge is -2.04. The van der Waals surface area contributed by atoms with E-state index in [1.54, 1.807) is 13.2 Å². The monoisotopic (exact) mass is 335 g/mol. The average Bonchev–Trinajstić information content (AvgIpc) is 2.90. The fourth-order valence-corrected chi connectivity index (χ4v) is 2.47. The molecule has 6 heteroatoms.